The van der Waals surface area contributed by atoms with Crippen molar-refractivity contribution in [1.82, 2.24) is 0 Å². The van der Waals surface area contributed by atoms with Gasteiger partial charge in [0.2, 0.25) is 0 Å². The second-order valence-electron chi connectivity index (χ2n) is 1.24. The normalized spacial score (nSPS) is 10.0. The van der Waals surface area contributed by atoms with Gasteiger partial charge in [-0.05, 0) is 0 Å². The minimum Gasteiger partial charge on any atom is -0.395 e. The van der Waals surface area contributed by atoms with Crippen LogP contribution in [0.2, 0.25) is 0 Å². The van der Waals surface area contributed by atoms with E-state index in [2.05, 4.69) is 9.47 Å². The van der Waals surface area contributed by atoms with Crippen LogP contribution < -0.4 is 0 Å². The van der Waals surface area contributed by atoms with Gasteiger partial charge < -0.3 is 9.63 Å². The summed E-state index contributed by atoms with van der Waals surface area (Å²) in [5.41, 5.74) is 0. The molecule has 0 aliphatic carbocycles. The smallest absolute Gasteiger partial charge is 0.0600 e. The van der Waals surface area contributed by atoms with Crippen LogP contribution in [0.25, 0.3) is 0 Å². The van der Waals surface area contributed by atoms with Crippen LogP contribution in [0, 0.1) is 0 Å². The van der Waals surface area contributed by atoms with Crippen molar-refractivity contribution in [2.75, 3.05) is 24.7 Å². The van der Waals surface area contributed by atoms with E-state index in [4.69, 9.17) is 9.63 Å². The molecular formula is C4H11O2PS2. The van der Waals surface area contributed by atoms with Gasteiger partial charge in [-0.1, -0.05) is 21.6 Å². The largest absolute Gasteiger partial charge is 0.395 e. The second kappa shape index (κ2) is 9.05. The lowest BCUT2D eigenvalue weighted by atomic mass is 10.9. The van der Waals surface area contributed by atoms with E-state index in [1.807, 2.05) is 0 Å². The van der Waals surface area contributed by atoms with E-state index in [1.165, 1.54) is 0 Å². The summed E-state index contributed by atoms with van der Waals surface area (Å²) in [5, 5.41) is 8.35. The molecule has 0 amide bonds. The molecule has 0 aliphatic heterocycles. The van der Waals surface area contributed by atoms with Gasteiger partial charge in [0, 0.05) is 21.0 Å². The van der Waals surface area contributed by atoms with Crippen LogP contribution in [0.5, 0.6) is 0 Å². The standard InChI is InChI=1S/C4H11O2PS2/c5-1-3-8-9-4-2-6-7/h5H,1-4,7H2. The predicted octanol–water partition coefficient (Wildman–Crippen LogP) is 1.17. The molecule has 1 N–H and O–H groups in total. The Balaban J connectivity index is 2.60. The first-order chi connectivity index (χ1) is 4.41. The molecule has 1 unspecified atom stereocenters. The summed E-state index contributed by atoms with van der Waals surface area (Å²) in [5.74, 6) is 1.79. The molecule has 0 fully saturated rings. The lowest BCUT2D eigenvalue weighted by molar-refractivity contribution is 0.323. The number of hydrogen-bond donors (Lipinski definition) is 1. The maximum absolute atomic E-state index is 8.35. The van der Waals surface area contributed by atoms with Crippen LogP contribution >= 0.6 is 31.1 Å². The molecule has 0 aliphatic rings. The predicted molar refractivity (Wildman–Crippen MR) is 47.7 cm³/mol. The van der Waals surface area contributed by atoms with Gasteiger partial charge in [-0.25, -0.2) is 0 Å². The Bertz CT molecular complexity index is 49.8. The van der Waals surface area contributed by atoms with Gasteiger partial charge in [0.15, 0.2) is 0 Å². The Morgan fingerprint density at radius 1 is 1.33 bits per heavy atom. The first kappa shape index (κ1) is 10.0. The van der Waals surface area contributed by atoms with Crippen molar-refractivity contribution in [1.29, 1.82) is 0 Å². The molecule has 0 spiro atoms. The molecule has 0 radical (unpaired) electrons. The van der Waals surface area contributed by atoms with Crippen molar-refractivity contribution in [2.24, 2.45) is 0 Å². The van der Waals surface area contributed by atoms with Gasteiger partial charge in [-0.15, -0.1) is 0 Å². The third-order valence-corrected chi connectivity index (χ3v) is 3.13. The van der Waals surface area contributed by atoms with E-state index in [0.717, 1.165) is 18.1 Å². The van der Waals surface area contributed by atoms with Gasteiger partial charge in [0.25, 0.3) is 0 Å². The maximum Gasteiger partial charge on any atom is 0.0600 e. The highest BCUT2D eigenvalue weighted by Crippen LogP contribution is 2.19. The highest BCUT2D eigenvalue weighted by molar-refractivity contribution is 8.76. The van der Waals surface area contributed by atoms with Crippen LogP contribution in [-0.2, 0) is 4.52 Å². The molecule has 2 nitrogen and oxygen atoms in total. The Morgan fingerprint density at radius 2 is 2.00 bits per heavy atom. The van der Waals surface area contributed by atoms with Crippen LogP contribution in [0.4, 0.5) is 0 Å². The van der Waals surface area contributed by atoms with Crippen molar-refractivity contribution in [3.8, 4) is 0 Å². The van der Waals surface area contributed by atoms with Crippen molar-refractivity contribution in [3.05, 3.63) is 0 Å². The monoisotopic (exact) mass is 186 g/mol. The summed E-state index contributed by atoms with van der Waals surface area (Å²) < 4.78 is 4.74. The molecule has 0 rings (SSSR count). The average Bonchev–Trinajstić information content (AvgIpc) is 1.89. The maximum atomic E-state index is 8.35. The molecule has 0 aromatic rings. The number of aliphatic hydroxyl groups excluding tert-OH is 1. The van der Waals surface area contributed by atoms with Crippen molar-refractivity contribution >= 4 is 31.1 Å². The first-order valence-electron chi connectivity index (χ1n) is 2.58. The fourth-order valence-electron chi connectivity index (χ4n) is 0.237. The first-order valence-corrected chi connectivity index (χ1v) is 5.54. The summed E-state index contributed by atoms with van der Waals surface area (Å²) in [6.45, 7) is 1.02. The van der Waals surface area contributed by atoms with Crippen LogP contribution in [0.1, 0.15) is 0 Å². The fraction of sp³-hybridized carbons (Fsp3) is 1.00. The van der Waals surface area contributed by atoms with Gasteiger partial charge in [-0.2, -0.15) is 0 Å². The van der Waals surface area contributed by atoms with Gasteiger partial charge in [0.1, 0.15) is 0 Å². The molecule has 1 atom stereocenters. The highest BCUT2D eigenvalue weighted by Gasteiger charge is 1.87. The quantitative estimate of drug-likeness (QED) is 0.383. The van der Waals surface area contributed by atoms with Gasteiger partial charge in [0.05, 0.1) is 13.2 Å². The fourth-order valence-corrected chi connectivity index (χ4v) is 2.14. The number of hydrogen-bond acceptors (Lipinski definition) is 4. The Hall–Kier alpha value is 1.05. The van der Waals surface area contributed by atoms with E-state index in [9.17, 15) is 0 Å². The lowest BCUT2D eigenvalue weighted by Crippen LogP contribution is -1.87. The van der Waals surface area contributed by atoms with Crippen molar-refractivity contribution in [2.45, 2.75) is 0 Å². The molecule has 9 heavy (non-hydrogen) atoms. The molecular weight excluding hydrogens is 175 g/mol. The Kier molecular flexibility index (Phi) is 10.1. The minimum absolute atomic E-state index is 0.263. The molecule has 0 bridgehead atoms. The summed E-state index contributed by atoms with van der Waals surface area (Å²) >= 11 is 0. The van der Waals surface area contributed by atoms with E-state index >= 15 is 0 Å². The van der Waals surface area contributed by atoms with Gasteiger partial charge >= 0.3 is 0 Å². The molecule has 0 heterocycles. The number of aliphatic hydroxyl groups is 1. The Morgan fingerprint density at radius 3 is 2.56 bits per heavy atom. The average molecular weight is 186 g/mol. The lowest BCUT2D eigenvalue weighted by Gasteiger charge is -1.96. The van der Waals surface area contributed by atoms with Crippen molar-refractivity contribution < 1.29 is 9.63 Å². The molecule has 5 heteroatoms. The third-order valence-electron chi connectivity index (χ3n) is 0.542. The third kappa shape index (κ3) is 9.05. The topological polar surface area (TPSA) is 29.5 Å². The van der Waals surface area contributed by atoms with E-state index in [1.54, 1.807) is 21.6 Å². The molecule has 0 saturated heterocycles. The van der Waals surface area contributed by atoms with E-state index in [-0.39, 0.29) is 6.61 Å². The van der Waals surface area contributed by atoms with Crippen LogP contribution in [-0.4, -0.2) is 29.8 Å². The van der Waals surface area contributed by atoms with E-state index < -0.39 is 0 Å². The zero-order valence-corrected chi connectivity index (χ0v) is 7.87. The number of rotatable bonds is 6. The SMILES string of the molecule is OCCSSCCOP. The van der Waals surface area contributed by atoms with Crippen LogP contribution in [0.15, 0.2) is 0 Å². The highest BCUT2D eigenvalue weighted by atomic mass is 33.1. The zero-order valence-electron chi connectivity index (χ0n) is 5.08. The molecule has 0 saturated carbocycles. The summed E-state index contributed by atoms with van der Waals surface area (Å²) in [6.07, 6.45) is 0. The van der Waals surface area contributed by atoms with Crippen molar-refractivity contribution in [3.63, 3.8) is 0 Å². The zero-order chi connectivity index (χ0) is 6.95. The summed E-state index contributed by atoms with van der Waals surface area (Å²) in [6, 6.07) is 0. The van der Waals surface area contributed by atoms with Crippen LogP contribution in [0.3, 0.4) is 0 Å². The minimum atomic E-state index is 0.263. The van der Waals surface area contributed by atoms with E-state index in [0.29, 0.717) is 0 Å². The summed E-state index contributed by atoms with van der Waals surface area (Å²) in [4.78, 5) is 0. The molecule has 56 valence electrons. The molecule has 0 aromatic carbocycles. The summed E-state index contributed by atoms with van der Waals surface area (Å²) in [7, 11) is 5.60. The Labute approximate surface area is 65.8 Å². The van der Waals surface area contributed by atoms with Gasteiger partial charge in [-0.3, -0.25) is 0 Å². The second-order valence-corrected chi connectivity index (χ2v) is 4.27. The molecule has 0 aromatic heterocycles.